The monoisotopic (exact) mass is 391 g/mol. The molecular formula is C18H15F2N3OS2. The number of thioether (sulfide) groups is 1. The number of benzene rings is 1. The van der Waals surface area contributed by atoms with Gasteiger partial charge in [0.05, 0.1) is 11.3 Å². The van der Waals surface area contributed by atoms with E-state index < -0.39 is 17.4 Å². The van der Waals surface area contributed by atoms with E-state index in [9.17, 15) is 13.6 Å². The third-order valence-electron chi connectivity index (χ3n) is 4.12. The van der Waals surface area contributed by atoms with Gasteiger partial charge >= 0.3 is 0 Å². The topological polar surface area (TPSA) is 47.8 Å². The molecule has 4 rings (SSSR count). The highest BCUT2D eigenvalue weighted by molar-refractivity contribution is 7.99. The van der Waals surface area contributed by atoms with Gasteiger partial charge in [0.25, 0.3) is 0 Å². The molecule has 1 aliphatic rings. The maximum Gasteiger partial charge on any atom is 0.191 e. The lowest BCUT2D eigenvalue weighted by Crippen LogP contribution is -2.08. The number of hydrogen-bond acceptors (Lipinski definition) is 5. The molecule has 0 spiro atoms. The molecule has 8 heteroatoms. The van der Waals surface area contributed by atoms with Crippen LogP contribution in [0.5, 0.6) is 0 Å². The first kappa shape index (κ1) is 17.4. The zero-order chi connectivity index (χ0) is 18.1. The maximum absolute atomic E-state index is 13.8. The van der Waals surface area contributed by atoms with Gasteiger partial charge in [-0.3, -0.25) is 4.79 Å². The molecule has 0 unspecified atom stereocenters. The molecule has 134 valence electrons. The summed E-state index contributed by atoms with van der Waals surface area (Å²) in [7, 11) is 0. The van der Waals surface area contributed by atoms with Crippen LogP contribution in [0.1, 0.15) is 39.9 Å². The lowest BCUT2D eigenvalue weighted by Gasteiger charge is -2.08. The van der Waals surface area contributed by atoms with E-state index in [-0.39, 0.29) is 11.3 Å². The van der Waals surface area contributed by atoms with Crippen LogP contribution in [0.15, 0.2) is 40.9 Å². The third kappa shape index (κ3) is 3.71. The number of nitrogens with zero attached hydrogens (tertiary/aromatic N) is 3. The molecule has 3 aromatic rings. The minimum Gasteiger partial charge on any atom is -0.303 e. The molecular weight excluding hydrogens is 376 g/mol. The smallest absolute Gasteiger partial charge is 0.191 e. The van der Waals surface area contributed by atoms with E-state index in [1.807, 2.05) is 11.4 Å². The number of thiophene rings is 1. The Bertz CT molecular complexity index is 936. The summed E-state index contributed by atoms with van der Waals surface area (Å²) in [6.45, 7) is 0. The lowest BCUT2D eigenvalue weighted by atomic mass is 10.1. The Hall–Kier alpha value is -2.06. The van der Waals surface area contributed by atoms with Gasteiger partial charge in [-0.05, 0) is 42.5 Å². The molecule has 1 aliphatic carbocycles. The molecule has 0 aliphatic heterocycles. The molecule has 0 radical (unpaired) electrons. The Balaban J connectivity index is 1.50. The SMILES string of the molecule is O=C(CSc1nnc(Cc2cccs2)n1C1CC1)c1cc(F)ccc1F. The zero-order valence-corrected chi connectivity index (χ0v) is 15.3. The Morgan fingerprint density at radius 3 is 2.85 bits per heavy atom. The first-order valence-electron chi connectivity index (χ1n) is 8.19. The summed E-state index contributed by atoms with van der Waals surface area (Å²) < 4.78 is 29.1. The number of carbonyl (C=O) groups excluding carboxylic acids is 1. The minimum atomic E-state index is -0.709. The summed E-state index contributed by atoms with van der Waals surface area (Å²) in [6, 6.07) is 7.33. The highest BCUT2D eigenvalue weighted by Gasteiger charge is 2.30. The van der Waals surface area contributed by atoms with Crippen molar-refractivity contribution in [2.45, 2.75) is 30.5 Å². The number of halogens is 2. The van der Waals surface area contributed by atoms with E-state index in [2.05, 4.69) is 20.8 Å². The maximum atomic E-state index is 13.8. The standard InChI is InChI=1S/C18H15F2N3OS2/c19-11-3-6-15(20)14(8-11)16(24)10-26-18-22-21-17(23(18)12-4-5-12)9-13-2-1-7-25-13/h1-3,6-8,12H,4-5,9-10H2. The quantitative estimate of drug-likeness (QED) is 0.439. The number of aromatic nitrogens is 3. The van der Waals surface area contributed by atoms with E-state index in [4.69, 9.17) is 0 Å². The van der Waals surface area contributed by atoms with Gasteiger partial charge < -0.3 is 4.57 Å². The molecule has 1 saturated carbocycles. The van der Waals surface area contributed by atoms with Gasteiger partial charge in [0.2, 0.25) is 0 Å². The minimum absolute atomic E-state index is 0.00969. The van der Waals surface area contributed by atoms with Gasteiger partial charge in [0.15, 0.2) is 10.9 Å². The van der Waals surface area contributed by atoms with Gasteiger partial charge in [-0.25, -0.2) is 8.78 Å². The van der Waals surface area contributed by atoms with E-state index in [0.717, 1.165) is 36.9 Å². The van der Waals surface area contributed by atoms with Crippen LogP contribution < -0.4 is 0 Å². The molecule has 0 amide bonds. The van der Waals surface area contributed by atoms with Crippen molar-refractivity contribution in [2.75, 3.05) is 5.75 Å². The Kier molecular flexibility index (Phi) is 4.86. The largest absolute Gasteiger partial charge is 0.303 e. The fraction of sp³-hybridized carbons (Fsp3) is 0.278. The van der Waals surface area contributed by atoms with Crippen LogP contribution in [0.2, 0.25) is 0 Å². The van der Waals surface area contributed by atoms with Gasteiger partial charge in [-0.2, -0.15) is 0 Å². The fourth-order valence-electron chi connectivity index (χ4n) is 2.71. The molecule has 2 heterocycles. The van der Waals surface area contributed by atoms with Crippen molar-refractivity contribution in [1.29, 1.82) is 0 Å². The van der Waals surface area contributed by atoms with Crippen LogP contribution in [0.4, 0.5) is 8.78 Å². The molecule has 2 aromatic heterocycles. The lowest BCUT2D eigenvalue weighted by molar-refractivity contribution is 0.101. The Morgan fingerprint density at radius 1 is 1.27 bits per heavy atom. The Labute approximate surface area is 157 Å². The van der Waals surface area contributed by atoms with E-state index >= 15 is 0 Å². The second-order valence-corrected chi connectivity index (χ2v) is 8.07. The van der Waals surface area contributed by atoms with Gasteiger partial charge in [0.1, 0.15) is 17.5 Å². The van der Waals surface area contributed by atoms with Crippen molar-refractivity contribution in [1.82, 2.24) is 14.8 Å². The molecule has 0 atom stereocenters. The summed E-state index contributed by atoms with van der Waals surface area (Å²) in [5.41, 5.74) is -0.228. The van der Waals surface area contributed by atoms with E-state index in [0.29, 0.717) is 17.6 Å². The Morgan fingerprint density at radius 2 is 2.12 bits per heavy atom. The average Bonchev–Trinajstić information content (AvgIpc) is 3.18. The summed E-state index contributed by atoms with van der Waals surface area (Å²) in [5, 5.41) is 11.2. The molecule has 4 nitrogen and oxygen atoms in total. The number of carbonyl (C=O) groups is 1. The van der Waals surface area contributed by atoms with Gasteiger partial charge in [0, 0.05) is 17.3 Å². The second kappa shape index (κ2) is 7.28. The molecule has 0 N–H and O–H groups in total. The van der Waals surface area contributed by atoms with Gasteiger partial charge in [-0.1, -0.05) is 17.8 Å². The summed E-state index contributed by atoms with van der Waals surface area (Å²) in [4.78, 5) is 13.5. The molecule has 0 saturated heterocycles. The first-order chi connectivity index (χ1) is 12.6. The molecule has 1 fully saturated rings. The van der Waals surface area contributed by atoms with Crippen LogP contribution in [0, 0.1) is 11.6 Å². The van der Waals surface area contributed by atoms with E-state index in [1.165, 1.54) is 16.6 Å². The van der Waals surface area contributed by atoms with Crippen molar-refractivity contribution < 1.29 is 13.6 Å². The summed E-state index contributed by atoms with van der Waals surface area (Å²) in [5.74, 6) is -0.929. The number of ketones is 1. The van der Waals surface area contributed by atoms with Crippen LogP contribution >= 0.6 is 23.1 Å². The zero-order valence-electron chi connectivity index (χ0n) is 13.7. The van der Waals surface area contributed by atoms with Crippen molar-refractivity contribution in [3.05, 3.63) is 63.6 Å². The van der Waals surface area contributed by atoms with Crippen LogP contribution in [0.25, 0.3) is 0 Å². The number of Topliss-reactive ketones (excluding diaryl/α,β-unsaturated/α-hetero) is 1. The highest BCUT2D eigenvalue weighted by Crippen LogP contribution is 2.39. The third-order valence-corrected chi connectivity index (χ3v) is 5.94. The predicted octanol–water partition coefficient (Wildman–Crippen LogP) is 4.52. The summed E-state index contributed by atoms with van der Waals surface area (Å²) >= 11 is 2.89. The van der Waals surface area contributed by atoms with Crippen molar-refractivity contribution in [3.8, 4) is 0 Å². The number of hydrogen-bond donors (Lipinski definition) is 0. The van der Waals surface area contributed by atoms with Crippen molar-refractivity contribution in [2.24, 2.45) is 0 Å². The van der Waals surface area contributed by atoms with Crippen LogP contribution in [-0.2, 0) is 6.42 Å². The van der Waals surface area contributed by atoms with Gasteiger partial charge in [-0.15, -0.1) is 21.5 Å². The molecule has 26 heavy (non-hydrogen) atoms. The van der Waals surface area contributed by atoms with Crippen molar-refractivity contribution >= 4 is 28.9 Å². The van der Waals surface area contributed by atoms with E-state index in [1.54, 1.807) is 11.3 Å². The second-order valence-electron chi connectivity index (χ2n) is 6.09. The summed E-state index contributed by atoms with van der Waals surface area (Å²) in [6.07, 6.45) is 2.83. The van der Waals surface area contributed by atoms with Crippen LogP contribution in [-0.4, -0.2) is 26.3 Å². The van der Waals surface area contributed by atoms with Crippen molar-refractivity contribution in [3.63, 3.8) is 0 Å². The molecule has 1 aromatic carbocycles. The molecule has 0 bridgehead atoms. The first-order valence-corrected chi connectivity index (χ1v) is 10.1. The van der Waals surface area contributed by atoms with Crippen LogP contribution in [0.3, 0.4) is 0 Å². The average molecular weight is 391 g/mol. The fourth-order valence-corrected chi connectivity index (χ4v) is 4.32. The predicted molar refractivity (Wildman–Crippen MR) is 96.8 cm³/mol. The normalized spacial score (nSPS) is 13.9. The number of rotatable bonds is 7. The highest BCUT2D eigenvalue weighted by atomic mass is 32.2.